The molecule has 2 aromatic rings. The minimum Gasteiger partial charge on any atom is -0.396 e. The minimum atomic E-state index is -0.283. The van der Waals surface area contributed by atoms with E-state index >= 15 is 0 Å². The van der Waals surface area contributed by atoms with Crippen LogP contribution in [0.4, 0.5) is 4.39 Å². The number of hydrogen-bond donors (Lipinski definition) is 2. The van der Waals surface area contributed by atoms with Crippen LogP contribution in [0.3, 0.4) is 0 Å². The zero-order valence-corrected chi connectivity index (χ0v) is 11.7. The molecule has 0 fully saturated rings. The predicted molar refractivity (Wildman–Crippen MR) is 78.1 cm³/mol. The van der Waals surface area contributed by atoms with Crippen LogP contribution in [0.15, 0.2) is 36.5 Å². The average Bonchev–Trinajstić information content (AvgIpc) is 2.45. The fraction of sp³-hybridized carbons (Fsp3) is 0.267. The molecule has 106 valence electrons. The summed E-state index contributed by atoms with van der Waals surface area (Å²) in [6.45, 7) is 1.35. The van der Waals surface area contributed by atoms with Crippen molar-refractivity contribution in [2.75, 3.05) is 13.2 Å². The Kier molecular flexibility index (Phi) is 5.47. The van der Waals surface area contributed by atoms with Crippen LogP contribution in [0.1, 0.15) is 12.0 Å². The number of benzene rings is 1. The summed E-state index contributed by atoms with van der Waals surface area (Å²) >= 11 is 6.14. The molecule has 1 aromatic heterocycles. The lowest BCUT2D eigenvalue weighted by Gasteiger charge is -2.12. The first-order valence-corrected chi connectivity index (χ1v) is 6.81. The standard InChI is InChI=1S/C15H16ClFN2O/c16-15-14(10-18-6-2-8-20)13(5-7-19-15)11-3-1-4-12(17)9-11/h1,3-5,7,9,18,20H,2,6,8,10H2. The Balaban J connectivity index is 2.26. The number of pyridine rings is 1. The Morgan fingerprint density at radius 1 is 1.30 bits per heavy atom. The summed E-state index contributed by atoms with van der Waals surface area (Å²) < 4.78 is 13.3. The zero-order valence-electron chi connectivity index (χ0n) is 10.9. The van der Waals surface area contributed by atoms with Gasteiger partial charge in [0.1, 0.15) is 11.0 Å². The maximum absolute atomic E-state index is 13.3. The van der Waals surface area contributed by atoms with Gasteiger partial charge in [0.15, 0.2) is 0 Å². The highest BCUT2D eigenvalue weighted by atomic mass is 35.5. The molecule has 2 rings (SSSR count). The monoisotopic (exact) mass is 294 g/mol. The van der Waals surface area contributed by atoms with Gasteiger partial charge in [0, 0.05) is 24.9 Å². The molecule has 0 radical (unpaired) electrons. The molecule has 0 atom stereocenters. The fourth-order valence-corrected chi connectivity index (χ4v) is 2.20. The van der Waals surface area contributed by atoms with Crippen molar-refractivity contribution < 1.29 is 9.50 Å². The molecule has 0 aliphatic heterocycles. The van der Waals surface area contributed by atoms with Gasteiger partial charge in [-0.3, -0.25) is 0 Å². The molecule has 1 aromatic carbocycles. The van der Waals surface area contributed by atoms with E-state index < -0.39 is 0 Å². The van der Waals surface area contributed by atoms with Crippen molar-refractivity contribution in [2.45, 2.75) is 13.0 Å². The summed E-state index contributed by atoms with van der Waals surface area (Å²) in [6, 6.07) is 8.21. The van der Waals surface area contributed by atoms with Gasteiger partial charge in [-0.2, -0.15) is 0 Å². The van der Waals surface area contributed by atoms with E-state index in [9.17, 15) is 4.39 Å². The van der Waals surface area contributed by atoms with Crippen molar-refractivity contribution in [2.24, 2.45) is 0 Å². The van der Waals surface area contributed by atoms with E-state index in [1.807, 2.05) is 12.1 Å². The predicted octanol–water partition coefficient (Wildman–Crippen LogP) is 3.01. The van der Waals surface area contributed by atoms with Crippen molar-refractivity contribution >= 4 is 11.6 Å². The van der Waals surface area contributed by atoms with E-state index in [1.165, 1.54) is 12.1 Å². The second-order valence-corrected chi connectivity index (χ2v) is 4.75. The number of aromatic nitrogens is 1. The quantitative estimate of drug-likeness (QED) is 0.636. The topological polar surface area (TPSA) is 45.1 Å². The molecule has 5 heteroatoms. The normalized spacial score (nSPS) is 10.8. The van der Waals surface area contributed by atoms with Gasteiger partial charge in [0.05, 0.1) is 0 Å². The fourth-order valence-electron chi connectivity index (χ4n) is 1.98. The third-order valence-corrected chi connectivity index (χ3v) is 3.28. The van der Waals surface area contributed by atoms with Gasteiger partial charge in [0.2, 0.25) is 0 Å². The van der Waals surface area contributed by atoms with Crippen LogP contribution in [0.5, 0.6) is 0 Å². The van der Waals surface area contributed by atoms with Gasteiger partial charge in [-0.05, 0) is 42.3 Å². The highest BCUT2D eigenvalue weighted by Crippen LogP contribution is 2.28. The molecule has 1 heterocycles. The number of halogens is 2. The van der Waals surface area contributed by atoms with E-state index in [0.717, 1.165) is 16.7 Å². The molecule has 3 nitrogen and oxygen atoms in total. The molecule has 0 unspecified atom stereocenters. The lowest BCUT2D eigenvalue weighted by molar-refractivity contribution is 0.286. The summed E-state index contributed by atoms with van der Waals surface area (Å²) in [4.78, 5) is 4.07. The summed E-state index contributed by atoms with van der Waals surface area (Å²) in [6.07, 6.45) is 2.28. The van der Waals surface area contributed by atoms with Crippen LogP contribution in [0.25, 0.3) is 11.1 Å². The molecule has 0 aliphatic carbocycles. The first kappa shape index (κ1) is 14.9. The van der Waals surface area contributed by atoms with E-state index in [-0.39, 0.29) is 12.4 Å². The highest BCUT2D eigenvalue weighted by molar-refractivity contribution is 6.30. The van der Waals surface area contributed by atoms with E-state index in [1.54, 1.807) is 12.3 Å². The van der Waals surface area contributed by atoms with Crippen LogP contribution in [0.2, 0.25) is 5.15 Å². The van der Waals surface area contributed by atoms with Crippen molar-refractivity contribution in [3.8, 4) is 11.1 Å². The third-order valence-electron chi connectivity index (χ3n) is 2.95. The van der Waals surface area contributed by atoms with Crippen LogP contribution in [0, 0.1) is 5.82 Å². The molecule has 0 saturated heterocycles. The van der Waals surface area contributed by atoms with Crippen LogP contribution in [-0.4, -0.2) is 23.2 Å². The maximum atomic E-state index is 13.3. The van der Waals surface area contributed by atoms with Gasteiger partial charge in [-0.25, -0.2) is 9.37 Å². The highest BCUT2D eigenvalue weighted by Gasteiger charge is 2.10. The first-order chi connectivity index (χ1) is 9.72. The molecular formula is C15H16ClFN2O. The van der Waals surface area contributed by atoms with Crippen molar-refractivity contribution in [1.29, 1.82) is 0 Å². The summed E-state index contributed by atoms with van der Waals surface area (Å²) in [5.41, 5.74) is 2.46. The van der Waals surface area contributed by atoms with E-state index in [0.29, 0.717) is 24.7 Å². The Morgan fingerprint density at radius 2 is 2.15 bits per heavy atom. The van der Waals surface area contributed by atoms with Gasteiger partial charge in [-0.1, -0.05) is 23.7 Å². The van der Waals surface area contributed by atoms with Crippen molar-refractivity contribution in [3.63, 3.8) is 0 Å². The lowest BCUT2D eigenvalue weighted by atomic mass is 10.0. The number of hydrogen-bond acceptors (Lipinski definition) is 3. The molecule has 2 N–H and O–H groups in total. The number of nitrogens with one attached hydrogen (secondary N) is 1. The number of aliphatic hydroxyl groups is 1. The molecule has 0 saturated carbocycles. The van der Waals surface area contributed by atoms with Crippen molar-refractivity contribution in [1.82, 2.24) is 10.3 Å². The number of nitrogens with zero attached hydrogens (tertiary/aromatic N) is 1. The summed E-state index contributed by atoms with van der Waals surface area (Å²) in [7, 11) is 0. The smallest absolute Gasteiger partial charge is 0.134 e. The SMILES string of the molecule is OCCCNCc1c(-c2cccc(F)c2)ccnc1Cl. The third kappa shape index (κ3) is 3.76. The molecule has 0 spiro atoms. The Hall–Kier alpha value is -1.49. The Morgan fingerprint density at radius 3 is 2.90 bits per heavy atom. The van der Waals surface area contributed by atoms with Gasteiger partial charge < -0.3 is 10.4 Å². The zero-order chi connectivity index (χ0) is 14.4. The molecular weight excluding hydrogens is 279 g/mol. The van der Waals surface area contributed by atoms with Crippen LogP contribution < -0.4 is 5.32 Å². The molecule has 20 heavy (non-hydrogen) atoms. The van der Waals surface area contributed by atoms with Gasteiger partial charge in [0.25, 0.3) is 0 Å². The second-order valence-electron chi connectivity index (χ2n) is 4.39. The number of rotatable bonds is 6. The lowest BCUT2D eigenvalue weighted by Crippen LogP contribution is -2.16. The van der Waals surface area contributed by atoms with Crippen LogP contribution >= 0.6 is 11.6 Å². The Labute approximate surface area is 122 Å². The molecule has 0 amide bonds. The average molecular weight is 295 g/mol. The van der Waals surface area contributed by atoms with E-state index in [4.69, 9.17) is 16.7 Å². The summed E-state index contributed by atoms with van der Waals surface area (Å²) in [5, 5.41) is 12.4. The van der Waals surface area contributed by atoms with Gasteiger partial charge in [-0.15, -0.1) is 0 Å². The number of aliphatic hydroxyl groups excluding tert-OH is 1. The molecule has 0 aliphatic rings. The maximum Gasteiger partial charge on any atom is 0.134 e. The second kappa shape index (κ2) is 7.33. The van der Waals surface area contributed by atoms with E-state index in [2.05, 4.69) is 10.3 Å². The minimum absolute atomic E-state index is 0.143. The largest absolute Gasteiger partial charge is 0.396 e. The van der Waals surface area contributed by atoms with Gasteiger partial charge >= 0.3 is 0 Å². The van der Waals surface area contributed by atoms with Crippen molar-refractivity contribution in [3.05, 3.63) is 53.1 Å². The molecule has 0 bridgehead atoms. The van der Waals surface area contributed by atoms with Crippen LogP contribution in [-0.2, 0) is 6.54 Å². The Bertz CT molecular complexity index is 578. The summed E-state index contributed by atoms with van der Waals surface area (Å²) in [5.74, 6) is -0.283. The first-order valence-electron chi connectivity index (χ1n) is 6.43.